The van der Waals surface area contributed by atoms with Crippen molar-refractivity contribution in [3.63, 3.8) is 0 Å². The molecule has 7 heteroatoms. The molecule has 1 aliphatic heterocycles. The quantitative estimate of drug-likeness (QED) is 0.763. The summed E-state index contributed by atoms with van der Waals surface area (Å²) in [6, 6.07) is 1.52. The Morgan fingerprint density at radius 2 is 2.06 bits per heavy atom. The molecular formula is C10H12ClFN2O2S. The summed E-state index contributed by atoms with van der Waals surface area (Å²) in [6.07, 6.45) is 1.49. The minimum Gasteiger partial charge on any atom is -0.352 e. The van der Waals surface area contributed by atoms with Crippen LogP contribution in [0.15, 0.2) is 12.3 Å². The van der Waals surface area contributed by atoms with E-state index in [0.29, 0.717) is 5.56 Å². The van der Waals surface area contributed by atoms with E-state index in [2.05, 4.69) is 4.98 Å². The lowest BCUT2D eigenvalue weighted by molar-refractivity contribution is 0.577. The molecule has 0 aromatic carbocycles. The van der Waals surface area contributed by atoms with Crippen LogP contribution in [0.2, 0.25) is 0 Å². The van der Waals surface area contributed by atoms with Crippen LogP contribution in [0.5, 0.6) is 0 Å². The van der Waals surface area contributed by atoms with E-state index in [1.807, 2.05) is 0 Å². The maximum Gasteiger partial charge on any atom is 0.170 e. The number of hydrogen-bond donors (Lipinski definition) is 0. The first-order valence-corrected chi connectivity index (χ1v) is 7.54. The van der Waals surface area contributed by atoms with Crippen molar-refractivity contribution in [2.24, 2.45) is 0 Å². The van der Waals surface area contributed by atoms with Gasteiger partial charge in [0.2, 0.25) is 0 Å². The molecule has 0 spiro atoms. The zero-order chi connectivity index (χ0) is 12.5. The molecule has 94 valence electrons. The van der Waals surface area contributed by atoms with Crippen LogP contribution < -0.4 is 4.90 Å². The van der Waals surface area contributed by atoms with Gasteiger partial charge in [0.05, 0.1) is 17.4 Å². The summed E-state index contributed by atoms with van der Waals surface area (Å²) in [5.41, 5.74) is 0.380. The summed E-state index contributed by atoms with van der Waals surface area (Å²) in [5.74, 6) is -0.105. The third-order valence-corrected chi connectivity index (χ3v) is 4.64. The molecule has 0 bridgehead atoms. The van der Waals surface area contributed by atoms with Crippen molar-refractivity contribution in [2.75, 3.05) is 29.5 Å². The average Bonchev–Trinajstić information content (AvgIpc) is 2.30. The van der Waals surface area contributed by atoms with Gasteiger partial charge in [-0.1, -0.05) is 0 Å². The van der Waals surface area contributed by atoms with E-state index in [4.69, 9.17) is 11.6 Å². The van der Waals surface area contributed by atoms with Gasteiger partial charge in [0.25, 0.3) is 0 Å². The monoisotopic (exact) mass is 278 g/mol. The van der Waals surface area contributed by atoms with Crippen molar-refractivity contribution in [1.82, 2.24) is 4.98 Å². The molecule has 4 nitrogen and oxygen atoms in total. The maximum atomic E-state index is 13.9. The van der Waals surface area contributed by atoms with Crippen LogP contribution in [-0.2, 0) is 15.7 Å². The molecule has 1 aromatic rings. The summed E-state index contributed by atoms with van der Waals surface area (Å²) >= 11 is 5.61. The minimum absolute atomic E-state index is 0.0409. The lowest BCUT2D eigenvalue weighted by Crippen LogP contribution is -2.41. The molecule has 17 heavy (non-hydrogen) atoms. The van der Waals surface area contributed by atoms with Crippen LogP contribution >= 0.6 is 11.6 Å². The molecule has 0 unspecified atom stereocenters. The summed E-state index contributed by atoms with van der Waals surface area (Å²) in [7, 11) is -2.97. The number of alkyl halides is 1. The number of anilines is 1. The van der Waals surface area contributed by atoms with Crippen LogP contribution in [0.1, 0.15) is 5.56 Å². The Morgan fingerprint density at radius 1 is 1.41 bits per heavy atom. The number of aromatic nitrogens is 1. The van der Waals surface area contributed by atoms with E-state index >= 15 is 0 Å². The third kappa shape index (κ3) is 2.69. The van der Waals surface area contributed by atoms with E-state index in [-0.39, 0.29) is 36.3 Å². The molecule has 0 radical (unpaired) electrons. The van der Waals surface area contributed by atoms with Crippen LogP contribution in [0.25, 0.3) is 0 Å². The number of nitrogens with zero attached hydrogens (tertiary/aromatic N) is 2. The van der Waals surface area contributed by atoms with Gasteiger partial charge in [-0.05, 0) is 6.07 Å². The van der Waals surface area contributed by atoms with Gasteiger partial charge in [-0.2, -0.15) is 0 Å². The lowest BCUT2D eigenvalue weighted by atomic mass is 10.2. The minimum atomic E-state index is -2.97. The Hall–Kier alpha value is -0.880. The Labute approximate surface area is 104 Å². The fourth-order valence-corrected chi connectivity index (χ4v) is 3.13. The SMILES string of the molecule is O=S1(=O)CCN(c2nccc(CCl)c2F)CC1. The molecular weight excluding hydrogens is 267 g/mol. The third-order valence-electron chi connectivity index (χ3n) is 2.74. The standard InChI is InChI=1S/C10H12ClFN2O2S/c11-7-8-1-2-13-10(9(8)12)14-3-5-17(15,16)6-4-14/h1-2H,3-7H2. The topological polar surface area (TPSA) is 50.3 Å². The van der Waals surface area contributed by atoms with Gasteiger partial charge in [0, 0.05) is 24.8 Å². The van der Waals surface area contributed by atoms with Crippen molar-refractivity contribution in [3.05, 3.63) is 23.6 Å². The van der Waals surface area contributed by atoms with Crippen molar-refractivity contribution < 1.29 is 12.8 Å². The second-order valence-corrected chi connectivity index (χ2v) is 6.45. The zero-order valence-corrected chi connectivity index (χ0v) is 10.6. The molecule has 0 atom stereocenters. The number of pyridine rings is 1. The molecule has 1 fully saturated rings. The molecule has 0 saturated carbocycles. The fraction of sp³-hybridized carbons (Fsp3) is 0.500. The van der Waals surface area contributed by atoms with E-state index < -0.39 is 15.7 Å². The molecule has 1 aromatic heterocycles. The molecule has 2 heterocycles. The predicted molar refractivity (Wildman–Crippen MR) is 64.6 cm³/mol. The van der Waals surface area contributed by atoms with Gasteiger partial charge in [0.15, 0.2) is 21.5 Å². The Bertz CT molecular complexity index is 507. The summed E-state index contributed by atoms with van der Waals surface area (Å²) in [4.78, 5) is 5.60. The van der Waals surface area contributed by atoms with Crippen molar-refractivity contribution in [2.45, 2.75) is 5.88 Å². The highest BCUT2D eigenvalue weighted by Gasteiger charge is 2.24. The molecule has 0 N–H and O–H groups in total. The Morgan fingerprint density at radius 3 is 2.65 bits per heavy atom. The van der Waals surface area contributed by atoms with Crippen molar-refractivity contribution >= 4 is 27.3 Å². The van der Waals surface area contributed by atoms with E-state index in [1.165, 1.54) is 12.3 Å². The molecule has 1 saturated heterocycles. The smallest absolute Gasteiger partial charge is 0.170 e. The van der Waals surface area contributed by atoms with Crippen LogP contribution in [0.4, 0.5) is 10.2 Å². The normalized spacial score (nSPS) is 19.3. The first-order chi connectivity index (χ1) is 8.03. The zero-order valence-electron chi connectivity index (χ0n) is 9.07. The summed E-state index contributed by atoms with van der Waals surface area (Å²) in [6.45, 7) is 0.552. The largest absolute Gasteiger partial charge is 0.352 e. The lowest BCUT2D eigenvalue weighted by Gasteiger charge is -2.28. The second kappa shape index (κ2) is 4.78. The van der Waals surface area contributed by atoms with E-state index in [0.717, 1.165) is 0 Å². The fourth-order valence-electron chi connectivity index (χ4n) is 1.72. The van der Waals surface area contributed by atoms with Gasteiger partial charge in [0.1, 0.15) is 0 Å². The van der Waals surface area contributed by atoms with E-state index in [9.17, 15) is 12.8 Å². The number of hydrogen-bond acceptors (Lipinski definition) is 4. The Balaban J connectivity index is 2.24. The first-order valence-electron chi connectivity index (χ1n) is 5.18. The van der Waals surface area contributed by atoms with Gasteiger partial charge in [-0.15, -0.1) is 11.6 Å². The molecule has 1 aliphatic rings. The molecule has 2 rings (SSSR count). The molecule has 0 aliphatic carbocycles. The number of rotatable bonds is 2. The van der Waals surface area contributed by atoms with Crippen LogP contribution in [-0.4, -0.2) is 38.0 Å². The Kier molecular flexibility index (Phi) is 3.53. The van der Waals surface area contributed by atoms with Crippen LogP contribution in [0.3, 0.4) is 0 Å². The first kappa shape index (κ1) is 12.6. The van der Waals surface area contributed by atoms with Gasteiger partial charge < -0.3 is 4.90 Å². The number of halogens is 2. The van der Waals surface area contributed by atoms with Crippen molar-refractivity contribution in [1.29, 1.82) is 0 Å². The van der Waals surface area contributed by atoms with Crippen molar-refractivity contribution in [3.8, 4) is 0 Å². The highest BCUT2D eigenvalue weighted by molar-refractivity contribution is 7.91. The highest BCUT2D eigenvalue weighted by Crippen LogP contribution is 2.22. The van der Waals surface area contributed by atoms with Gasteiger partial charge >= 0.3 is 0 Å². The van der Waals surface area contributed by atoms with Gasteiger partial charge in [-0.25, -0.2) is 17.8 Å². The van der Waals surface area contributed by atoms with E-state index in [1.54, 1.807) is 4.90 Å². The summed E-state index contributed by atoms with van der Waals surface area (Å²) < 4.78 is 36.5. The predicted octanol–water partition coefficient (Wildman–Crippen LogP) is 1.19. The average molecular weight is 279 g/mol. The molecule has 0 amide bonds. The summed E-state index contributed by atoms with van der Waals surface area (Å²) in [5, 5.41) is 0. The van der Waals surface area contributed by atoms with Gasteiger partial charge in [-0.3, -0.25) is 0 Å². The van der Waals surface area contributed by atoms with Crippen LogP contribution in [0, 0.1) is 5.82 Å². The number of sulfone groups is 1. The maximum absolute atomic E-state index is 13.9. The second-order valence-electron chi connectivity index (χ2n) is 3.88. The highest BCUT2D eigenvalue weighted by atomic mass is 35.5.